The van der Waals surface area contributed by atoms with Gasteiger partial charge in [-0.3, -0.25) is 9.98 Å². The van der Waals surface area contributed by atoms with E-state index in [9.17, 15) is 0 Å². The van der Waals surface area contributed by atoms with Gasteiger partial charge in [-0.15, -0.1) is 0 Å². The normalized spacial score (nSPS) is 12.0. The van der Waals surface area contributed by atoms with Gasteiger partial charge in [-0.25, -0.2) is 0 Å². The molecular weight excluding hydrogens is 687 g/mol. The van der Waals surface area contributed by atoms with Crippen LogP contribution >= 0.6 is 0 Å². The zero-order valence-corrected chi connectivity index (χ0v) is 36.9. The van der Waals surface area contributed by atoms with Crippen LogP contribution < -0.4 is 0 Å². The molecule has 3 heteroatoms. The summed E-state index contributed by atoms with van der Waals surface area (Å²) in [7, 11) is 0. The molecule has 0 heterocycles. The van der Waals surface area contributed by atoms with Gasteiger partial charge < -0.3 is 0 Å². The zero-order chi connectivity index (χ0) is 37.5. The Morgan fingerprint density at radius 2 is 0.604 bits per heavy atom. The van der Waals surface area contributed by atoms with Crippen molar-refractivity contribution in [3.63, 3.8) is 0 Å². The van der Waals surface area contributed by atoms with Crippen molar-refractivity contribution in [3.8, 4) is 0 Å². The average Bonchev–Trinajstić information content (AvgIpc) is 3.14. The van der Waals surface area contributed by atoms with Gasteiger partial charge in [0.25, 0.3) is 0 Å². The van der Waals surface area contributed by atoms with Gasteiger partial charge in [-0.1, -0.05) is 193 Å². The van der Waals surface area contributed by atoms with E-state index in [-0.39, 0.29) is 16.5 Å². The monoisotopic (exact) mass is 771 g/mol. The molecule has 0 bridgehead atoms. The van der Waals surface area contributed by atoms with Gasteiger partial charge in [-0.2, -0.15) is 0 Å². The summed E-state index contributed by atoms with van der Waals surface area (Å²) in [6.07, 6.45) is 41.5. The second-order valence-electron chi connectivity index (χ2n) is 16.3. The Morgan fingerprint density at radius 1 is 0.340 bits per heavy atom. The fourth-order valence-corrected chi connectivity index (χ4v) is 7.38. The first-order chi connectivity index (χ1) is 25.4. The van der Waals surface area contributed by atoms with Crippen LogP contribution in [0.15, 0.2) is 46.4 Å². The Kier molecular flexibility index (Phi) is 31.2. The first-order valence-electron chi connectivity index (χ1n) is 22.7. The molecule has 0 aromatic heterocycles. The summed E-state index contributed by atoms with van der Waals surface area (Å²) in [5, 5.41) is 0. The van der Waals surface area contributed by atoms with Crippen LogP contribution in [0.25, 0.3) is 0 Å². The number of rotatable bonds is 33. The minimum Gasteiger partial charge on any atom is -0.252 e. The Balaban J connectivity index is 0.0000140. The molecule has 0 amide bonds. The Bertz CT molecular complexity index is 1230. The van der Waals surface area contributed by atoms with Gasteiger partial charge >= 0.3 is 0 Å². The summed E-state index contributed by atoms with van der Waals surface area (Å²) >= 11 is 0. The van der Waals surface area contributed by atoms with Crippen molar-refractivity contribution in [1.82, 2.24) is 0 Å². The van der Waals surface area contributed by atoms with Gasteiger partial charge in [0.05, 0.1) is 22.8 Å². The quantitative estimate of drug-likeness (QED) is 0.0392. The van der Waals surface area contributed by atoms with Crippen molar-refractivity contribution in [2.24, 2.45) is 9.98 Å². The van der Waals surface area contributed by atoms with Crippen LogP contribution in [0.1, 0.15) is 229 Å². The van der Waals surface area contributed by atoms with Crippen molar-refractivity contribution < 1.29 is 16.5 Å². The summed E-state index contributed by atoms with van der Waals surface area (Å²) in [6, 6.07) is 13.2. The van der Waals surface area contributed by atoms with Crippen LogP contribution in [-0.4, -0.2) is 11.4 Å². The molecule has 0 N–H and O–H groups in total. The fourth-order valence-electron chi connectivity index (χ4n) is 7.38. The number of aryl methyl sites for hydroxylation is 4. The van der Waals surface area contributed by atoms with Gasteiger partial charge in [0.2, 0.25) is 0 Å². The number of hydrogen-bond acceptors (Lipinski definition) is 2. The van der Waals surface area contributed by atoms with Crippen molar-refractivity contribution in [3.05, 3.63) is 58.7 Å². The molecule has 0 unspecified atom stereocenters. The zero-order valence-electron chi connectivity index (χ0n) is 35.9. The van der Waals surface area contributed by atoms with E-state index >= 15 is 0 Å². The molecule has 0 saturated carbocycles. The van der Waals surface area contributed by atoms with Crippen LogP contribution in [0.3, 0.4) is 0 Å². The van der Waals surface area contributed by atoms with E-state index in [2.05, 4.69) is 77.9 Å². The molecule has 0 radical (unpaired) electrons. The third-order valence-electron chi connectivity index (χ3n) is 11.4. The standard InChI is InChI=1S/C50H84N2.Ni/c1-7-9-11-12-13-14-15-16-17-18-19-20-21-22-23-24-25-26-27-28-29-30-31-32-33-34-36-50(52-48-40-38-44(4)46(6)42-48)49(35-10-8-2)51-47-39-37-43(3)45(5)41-47;/h37-42H,7-36H2,1-6H3;/b51-49+,52-50+;. The molecule has 0 atom stereocenters. The summed E-state index contributed by atoms with van der Waals surface area (Å²) in [5.74, 6) is 0. The summed E-state index contributed by atoms with van der Waals surface area (Å²) in [4.78, 5) is 10.5. The third-order valence-corrected chi connectivity index (χ3v) is 11.4. The molecule has 0 spiro atoms. The van der Waals surface area contributed by atoms with Crippen LogP contribution in [0, 0.1) is 27.7 Å². The number of hydrogen-bond donors (Lipinski definition) is 0. The number of unbranched alkanes of at least 4 members (excludes halogenated alkanes) is 26. The van der Waals surface area contributed by atoms with Crippen LogP contribution in [0.4, 0.5) is 11.4 Å². The first kappa shape index (κ1) is 49.3. The third kappa shape index (κ3) is 25.1. The SMILES string of the molecule is CCCCCCCCCCCCCCCCCCCCCCCCCCCCC(=N\c1ccc(C)c(C)c1)/C(CCCC)=N/c1ccc(C)c(C)c1.[Ni]. The first-order valence-corrected chi connectivity index (χ1v) is 22.7. The maximum absolute atomic E-state index is 5.27. The molecule has 304 valence electrons. The summed E-state index contributed by atoms with van der Waals surface area (Å²) < 4.78 is 0. The molecule has 0 saturated heterocycles. The Morgan fingerprint density at radius 3 is 0.887 bits per heavy atom. The molecule has 2 aromatic carbocycles. The molecule has 0 aliphatic carbocycles. The van der Waals surface area contributed by atoms with Crippen LogP contribution in [0.2, 0.25) is 0 Å². The molecule has 0 fully saturated rings. The predicted octanol–water partition coefficient (Wildman–Crippen LogP) is 17.5. The minimum atomic E-state index is 0. The fraction of sp³-hybridized carbons (Fsp3) is 0.720. The smallest absolute Gasteiger partial charge is 0.0636 e. The number of benzene rings is 2. The van der Waals surface area contributed by atoms with E-state index in [0.29, 0.717) is 0 Å². The van der Waals surface area contributed by atoms with Crippen molar-refractivity contribution in [1.29, 1.82) is 0 Å². The number of aliphatic imine (C=N–C) groups is 2. The minimum absolute atomic E-state index is 0. The van der Waals surface area contributed by atoms with E-state index in [1.165, 1.54) is 207 Å². The molecular formula is C50H84N2Ni. The molecule has 2 rings (SSSR count). The van der Waals surface area contributed by atoms with Crippen molar-refractivity contribution in [2.45, 2.75) is 234 Å². The maximum Gasteiger partial charge on any atom is 0.0636 e. The van der Waals surface area contributed by atoms with Gasteiger partial charge in [-0.05, 0) is 99.9 Å². The largest absolute Gasteiger partial charge is 0.252 e. The second-order valence-corrected chi connectivity index (χ2v) is 16.3. The summed E-state index contributed by atoms with van der Waals surface area (Å²) in [6.45, 7) is 13.3. The van der Waals surface area contributed by atoms with E-state index in [0.717, 1.165) is 30.6 Å². The Hall–Kier alpha value is -1.73. The van der Waals surface area contributed by atoms with E-state index in [1.807, 2.05) is 0 Å². The van der Waals surface area contributed by atoms with Gasteiger partial charge in [0.15, 0.2) is 0 Å². The van der Waals surface area contributed by atoms with Crippen LogP contribution in [-0.2, 0) is 16.5 Å². The maximum atomic E-state index is 5.27. The van der Waals surface area contributed by atoms with Crippen molar-refractivity contribution in [2.75, 3.05) is 0 Å². The molecule has 2 aromatic rings. The summed E-state index contributed by atoms with van der Waals surface area (Å²) in [5.41, 5.74) is 9.77. The van der Waals surface area contributed by atoms with Gasteiger partial charge in [0, 0.05) is 16.5 Å². The molecule has 0 aliphatic heterocycles. The van der Waals surface area contributed by atoms with Crippen molar-refractivity contribution >= 4 is 22.8 Å². The predicted molar refractivity (Wildman–Crippen MR) is 236 cm³/mol. The molecule has 0 aliphatic rings. The number of nitrogens with zero attached hydrogens (tertiary/aromatic N) is 2. The van der Waals surface area contributed by atoms with E-state index in [4.69, 9.17) is 9.98 Å². The Labute approximate surface area is 340 Å². The average molecular weight is 772 g/mol. The van der Waals surface area contributed by atoms with Crippen LogP contribution in [0.5, 0.6) is 0 Å². The molecule has 2 nitrogen and oxygen atoms in total. The second kappa shape index (κ2) is 33.6. The topological polar surface area (TPSA) is 24.7 Å². The van der Waals surface area contributed by atoms with E-state index in [1.54, 1.807) is 0 Å². The van der Waals surface area contributed by atoms with Gasteiger partial charge in [0.1, 0.15) is 0 Å². The molecule has 53 heavy (non-hydrogen) atoms. The van der Waals surface area contributed by atoms with E-state index < -0.39 is 0 Å².